The van der Waals surface area contributed by atoms with Gasteiger partial charge in [0, 0.05) is 20.2 Å². The fourth-order valence-electron chi connectivity index (χ4n) is 2.95. The molecule has 0 aromatic rings. The van der Waals surface area contributed by atoms with Crippen LogP contribution in [-0.2, 0) is 14.3 Å². The Morgan fingerprint density at radius 1 is 1.35 bits per heavy atom. The third kappa shape index (κ3) is 4.88. The Hall–Kier alpha value is -0.360. The maximum absolute atomic E-state index is 12.1. The maximum atomic E-state index is 12.1. The summed E-state index contributed by atoms with van der Waals surface area (Å²) >= 11 is 0. The number of amides is 1. The molecular weight excluding hydrogens is 280 g/mol. The summed E-state index contributed by atoms with van der Waals surface area (Å²) in [7, 11) is 1.78. The number of rotatable bonds is 4. The normalized spacial score (nSPS) is 34.1. The Kier molecular flexibility index (Phi) is 7.80. The van der Waals surface area contributed by atoms with Crippen LogP contribution in [0.5, 0.6) is 0 Å². The van der Waals surface area contributed by atoms with Crippen molar-refractivity contribution in [1.29, 1.82) is 0 Å². The number of morpholine rings is 1. The lowest BCUT2D eigenvalue weighted by Crippen LogP contribution is -2.56. The van der Waals surface area contributed by atoms with E-state index in [2.05, 4.69) is 10.6 Å². The topological polar surface area (TPSA) is 59.6 Å². The summed E-state index contributed by atoms with van der Waals surface area (Å²) in [5, 5.41) is 6.28. The van der Waals surface area contributed by atoms with Crippen molar-refractivity contribution in [3.05, 3.63) is 0 Å². The fourth-order valence-corrected chi connectivity index (χ4v) is 2.95. The summed E-state index contributed by atoms with van der Waals surface area (Å²) in [6.07, 6.45) is 4.88. The van der Waals surface area contributed by atoms with E-state index in [1.807, 2.05) is 6.92 Å². The van der Waals surface area contributed by atoms with E-state index in [-0.39, 0.29) is 30.5 Å². The molecule has 2 N–H and O–H groups in total. The van der Waals surface area contributed by atoms with E-state index in [1.165, 1.54) is 0 Å². The summed E-state index contributed by atoms with van der Waals surface area (Å²) in [6, 6.07) is -0.205. The molecule has 1 saturated heterocycles. The first-order valence-corrected chi connectivity index (χ1v) is 7.36. The van der Waals surface area contributed by atoms with Crippen LogP contribution in [0.1, 0.15) is 32.6 Å². The molecule has 1 heterocycles. The van der Waals surface area contributed by atoms with Gasteiger partial charge in [0.15, 0.2) is 0 Å². The molecule has 6 heteroatoms. The van der Waals surface area contributed by atoms with Gasteiger partial charge < -0.3 is 20.1 Å². The minimum atomic E-state index is -0.205. The summed E-state index contributed by atoms with van der Waals surface area (Å²) in [4.78, 5) is 12.1. The van der Waals surface area contributed by atoms with Gasteiger partial charge in [-0.25, -0.2) is 0 Å². The van der Waals surface area contributed by atoms with E-state index >= 15 is 0 Å². The summed E-state index contributed by atoms with van der Waals surface area (Å²) in [5.41, 5.74) is 0. The van der Waals surface area contributed by atoms with E-state index in [0.29, 0.717) is 18.6 Å². The fraction of sp³-hybridized carbons (Fsp3) is 0.929. The Bertz CT molecular complexity index is 296. The van der Waals surface area contributed by atoms with Crippen LogP contribution in [-0.4, -0.2) is 51.0 Å². The van der Waals surface area contributed by atoms with Gasteiger partial charge in [0.2, 0.25) is 5.91 Å². The smallest absolute Gasteiger partial charge is 0.239 e. The zero-order valence-electron chi connectivity index (χ0n) is 12.4. The molecule has 1 amide bonds. The molecular formula is C14H27ClN2O3. The molecule has 2 fully saturated rings. The number of carbonyl (C=O) groups is 1. The Morgan fingerprint density at radius 3 is 2.65 bits per heavy atom. The average Bonchev–Trinajstić information content (AvgIpc) is 2.46. The molecule has 1 saturated carbocycles. The van der Waals surface area contributed by atoms with Gasteiger partial charge in [-0.15, -0.1) is 12.4 Å². The number of carbonyl (C=O) groups excluding carboxylic acids is 1. The third-order valence-corrected chi connectivity index (χ3v) is 4.29. The van der Waals surface area contributed by atoms with Crippen molar-refractivity contribution in [1.82, 2.24) is 10.6 Å². The molecule has 20 heavy (non-hydrogen) atoms. The van der Waals surface area contributed by atoms with E-state index in [0.717, 1.165) is 38.8 Å². The molecule has 118 valence electrons. The molecule has 5 nitrogen and oxygen atoms in total. The lowest BCUT2D eigenvalue weighted by atomic mass is 9.87. The predicted octanol–water partition coefficient (Wildman–Crippen LogP) is 1.11. The predicted molar refractivity (Wildman–Crippen MR) is 80.2 cm³/mol. The minimum Gasteiger partial charge on any atom is -0.381 e. The molecule has 2 rings (SSSR count). The van der Waals surface area contributed by atoms with Crippen molar-refractivity contribution < 1.29 is 14.3 Å². The van der Waals surface area contributed by atoms with Gasteiger partial charge in [-0.3, -0.25) is 4.79 Å². The summed E-state index contributed by atoms with van der Waals surface area (Å²) in [5.74, 6) is 0.663. The first-order chi connectivity index (χ1) is 9.20. The van der Waals surface area contributed by atoms with E-state index in [1.54, 1.807) is 7.11 Å². The van der Waals surface area contributed by atoms with Gasteiger partial charge >= 0.3 is 0 Å². The van der Waals surface area contributed by atoms with E-state index < -0.39 is 0 Å². The van der Waals surface area contributed by atoms with Crippen molar-refractivity contribution >= 4 is 18.3 Å². The molecule has 0 spiro atoms. The van der Waals surface area contributed by atoms with Gasteiger partial charge in [0.25, 0.3) is 0 Å². The molecule has 0 aromatic carbocycles. The van der Waals surface area contributed by atoms with Gasteiger partial charge in [0.1, 0.15) is 6.04 Å². The van der Waals surface area contributed by atoms with Gasteiger partial charge in [0.05, 0.1) is 18.8 Å². The Labute approximate surface area is 127 Å². The van der Waals surface area contributed by atoms with Crippen LogP contribution in [0.2, 0.25) is 0 Å². The molecule has 0 unspecified atom stereocenters. The van der Waals surface area contributed by atoms with Crippen LogP contribution in [0, 0.1) is 5.92 Å². The van der Waals surface area contributed by atoms with Crippen LogP contribution in [0.15, 0.2) is 0 Å². The molecule has 2 atom stereocenters. The van der Waals surface area contributed by atoms with Crippen LogP contribution in [0.25, 0.3) is 0 Å². The van der Waals surface area contributed by atoms with Crippen LogP contribution in [0.3, 0.4) is 0 Å². The van der Waals surface area contributed by atoms with Crippen molar-refractivity contribution in [3.8, 4) is 0 Å². The number of halogens is 1. The first kappa shape index (κ1) is 17.7. The molecule has 0 radical (unpaired) electrons. The van der Waals surface area contributed by atoms with Crippen LogP contribution < -0.4 is 10.6 Å². The standard InChI is InChI=1S/C14H26N2O3.ClH/c1-10-13(15-7-8-19-10)14(17)16-9-11-3-5-12(18-2)6-4-11;/h10-13,15H,3-9H2,1-2H3,(H,16,17);1H/t10-,11?,12?,13+;/m1./s1. The highest BCUT2D eigenvalue weighted by Crippen LogP contribution is 2.25. The van der Waals surface area contributed by atoms with Gasteiger partial charge in [-0.1, -0.05) is 0 Å². The Morgan fingerprint density at radius 2 is 2.05 bits per heavy atom. The summed E-state index contributed by atoms with van der Waals surface area (Å²) in [6.45, 7) is 4.16. The van der Waals surface area contributed by atoms with Gasteiger partial charge in [-0.2, -0.15) is 0 Å². The molecule has 2 aliphatic rings. The second-order valence-electron chi connectivity index (χ2n) is 5.63. The largest absolute Gasteiger partial charge is 0.381 e. The SMILES string of the molecule is COC1CCC(CNC(=O)[C@H]2NCCO[C@@H]2C)CC1.Cl. The lowest BCUT2D eigenvalue weighted by Gasteiger charge is -2.31. The molecule has 0 aromatic heterocycles. The Balaban J connectivity index is 0.00000200. The van der Waals surface area contributed by atoms with Crippen molar-refractivity contribution in [2.24, 2.45) is 5.92 Å². The van der Waals surface area contributed by atoms with Crippen molar-refractivity contribution in [2.45, 2.75) is 50.9 Å². The minimum absolute atomic E-state index is 0. The third-order valence-electron chi connectivity index (χ3n) is 4.29. The van der Waals surface area contributed by atoms with Crippen molar-refractivity contribution in [3.63, 3.8) is 0 Å². The number of ether oxygens (including phenoxy) is 2. The second kappa shape index (κ2) is 8.82. The zero-order chi connectivity index (χ0) is 13.7. The second-order valence-corrected chi connectivity index (χ2v) is 5.63. The van der Waals surface area contributed by atoms with Crippen molar-refractivity contribution in [2.75, 3.05) is 26.8 Å². The lowest BCUT2D eigenvalue weighted by molar-refractivity contribution is -0.129. The number of methoxy groups -OCH3 is 1. The van der Waals surface area contributed by atoms with Crippen LogP contribution in [0.4, 0.5) is 0 Å². The number of nitrogens with one attached hydrogen (secondary N) is 2. The highest BCUT2D eigenvalue weighted by atomic mass is 35.5. The molecule has 0 bridgehead atoms. The quantitative estimate of drug-likeness (QED) is 0.817. The molecule has 1 aliphatic carbocycles. The highest BCUT2D eigenvalue weighted by molar-refractivity contribution is 5.85. The van der Waals surface area contributed by atoms with Gasteiger partial charge in [-0.05, 0) is 38.5 Å². The number of hydrogen-bond donors (Lipinski definition) is 2. The average molecular weight is 307 g/mol. The summed E-state index contributed by atoms with van der Waals surface area (Å²) < 4.78 is 10.9. The zero-order valence-corrected chi connectivity index (χ0v) is 13.2. The first-order valence-electron chi connectivity index (χ1n) is 7.36. The monoisotopic (exact) mass is 306 g/mol. The van der Waals surface area contributed by atoms with Crippen LogP contribution >= 0.6 is 12.4 Å². The maximum Gasteiger partial charge on any atom is 0.239 e. The molecule has 1 aliphatic heterocycles. The highest BCUT2D eigenvalue weighted by Gasteiger charge is 2.29. The van der Waals surface area contributed by atoms with E-state index in [4.69, 9.17) is 9.47 Å². The van der Waals surface area contributed by atoms with E-state index in [9.17, 15) is 4.79 Å². The number of hydrogen-bond acceptors (Lipinski definition) is 4.